The van der Waals surface area contributed by atoms with Crippen LogP contribution in [0.25, 0.3) is 0 Å². The first-order chi connectivity index (χ1) is 12.2. The van der Waals surface area contributed by atoms with E-state index in [1.54, 1.807) is 6.21 Å². The first-order valence-electron chi connectivity index (χ1n) is 8.35. The van der Waals surface area contributed by atoms with Crippen LogP contribution in [-0.4, -0.2) is 34.9 Å². The van der Waals surface area contributed by atoms with E-state index in [1.165, 1.54) is 0 Å². The molecule has 0 spiro atoms. The second kappa shape index (κ2) is 6.48. The Morgan fingerprint density at radius 3 is 2.88 bits per heavy atom. The molecular weight excluding hydrogens is 338 g/mol. The van der Waals surface area contributed by atoms with Gasteiger partial charge in [0.05, 0.1) is 18.5 Å². The lowest BCUT2D eigenvalue weighted by molar-refractivity contribution is -0.148. The van der Waals surface area contributed by atoms with Crippen molar-refractivity contribution in [3.05, 3.63) is 59.3 Å². The number of likely N-dealkylation sites (tertiary alicyclic amines) is 1. The molecule has 2 heterocycles. The summed E-state index contributed by atoms with van der Waals surface area (Å²) < 4.78 is 5.28. The Morgan fingerprint density at radius 1 is 1.32 bits per heavy atom. The average Bonchev–Trinajstić information content (AvgIpc) is 3.19. The van der Waals surface area contributed by atoms with Crippen molar-refractivity contribution in [2.24, 2.45) is 22.0 Å². The van der Waals surface area contributed by atoms with Crippen molar-refractivity contribution in [3.63, 3.8) is 0 Å². The molecule has 0 bridgehead atoms. The summed E-state index contributed by atoms with van der Waals surface area (Å²) in [5.41, 5.74) is 3.42. The summed E-state index contributed by atoms with van der Waals surface area (Å²) in [7, 11) is 0. The minimum absolute atomic E-state index is 0.122. The molecule has 1 aromatic rings. The molecule has 2 aliphatic heterocycles. The number of allylic oxidation sites excluding steroid dienone is 3. The molecule has 5 nitrogen and oxygen atoms in total. The summed E-state index contributed by atoms with van der Waals surface area (Å²) >= 11 is 6.76. The van der Waals surface area contributed by atoms with Crippen LogP contribution in [0.1, 0.15) is 12.5 Å². The fourth-order valence-corrected chi connectivity index (χ4v) is 4.07. The Labute approximate surface area is 151 Å². The quantitative estimate of drug-likeness (QED) is 0.473. The van der Waals surface area contributed by atoms with Gasteiger partial charge in [0.1, 0.15) is 11.4 Å². The summed E-state index contributed by atoms with van der Waals surface area (Å²) in [4.78, 5) is 14.6. The summed E-state index contributed by atoms with van der Waals surface area (Å²) in [6, 6.07) is 10.1. The predicted molar refractivity (Wildman–Crippen MR) is 97.3 cm³/mol. The molecule has 0 saturated carbocycles. The highest BCUT2D eigenvalue weighted by Crippen LogP contribution is 2.46. The molecular formula is C19H18ClN3O2. The van der Waals surface area contributed by atoms with Crippen molar-refractivity contribution in [2.45, 2.75) is 19.0 Å². The molecule has 1 fully saturated rings. The number of esters is 1. The highest BCUT2D eigenvalue weighted by Gasteiger charge is 2.50. The molecule has 0 radical (unpaired) electrons. The SMILES string of the molecule is CCOC(=O)C1C2C=CC3=NN=CC3=C2N(Cc2ccccc2)C1Cl. The van der Waals surface area contributed by atoms with Crippen molar-refractivity contribution in [2.75, 3.05) is 6.61 Å². The van der Waals surface area contributed by atoms with Gasteiger partial charge in [-0.2, -0.15) is 10.2 Å². The van der Waals surface area contributed by atoms with Gasteiger partial charge in [0, 0.05) is 23.7 Å². The smallest absolute Gasteiger partial charge is 0.313 e. The Kier molecular flexibility index (Phi) is 4.17. The van der Waals surface area contributed by atoms with Crippen LogP contribution in [0.4, 0.5) is 0 Å². The second-order valence-corrected chi connectivity index (χ2v) is 6.62. The van der Waals surface area contributed by atoms with Crippen LogP contribution in [0.15, 0.2) is 64.0 Å². The van der Waals surface area contributed by atoms with Crippen LogP contribution in [-0.2, 0) is 16.1 Å². The third-order valence-electron chi connectivity index (χ3n) is 4.73. The fraction of sp³-hybridized carbons (Fsp3) is 0.316. The van der Waals surface area contributed by atoms with E-state index in [4.69, 9.17) is 16.3 Å². The third kappa shape index (κ3) is 2.68. The summed E-state index contributed by atoms with van der Waals surface area (Å²) in [5.74, 6) is -0.829. The molecule has 25 heavy (non-hydrogen) atoms. The Morgan fingerprint density at radius 2 is 2.12 bits per heavy atom. The molecule has 0 aromatic heterocycles. The van der Waals surface area contributed by atoms with Gasteiger partial charge in [0.15, 0.2) is 0 Å². The maximum absolute atomic E-state index is 12.5. The van der Waals surface area contributed by atoms with Crippen molar-refractivity contribution < 1.29 is 9.53 Å². The van der Waals surface area contributed by atoms with E-state index < -0.39 is 11.4 Å². The second-order valence-electron chi connectivity index (χ2n) is 6.18. The van der Waals surface area contributed by atoms with Crippen LogP contribution in [0.5, 0.6) is 0 Å². The summed E-state index contributed by atoms with van der Waals surface area (Å²) in [5, 5.41) is 8.18. The number of fused-ring (bicyclic) bond motifs is 2. The molecule has 3 atom stereocenters. The van der Waals surface area contributed by atoms with Crippen LogP contribution < -0.4 is 0 Å². The fourth-order valence-electron chi connectivity index (χ4n) is 3.64. The van der Waals surface area contributed by atoms with E-state index in [1.807, 2.05) is 37.3 Å². The predicted octanol–water partition coefficient (Wildman–Crippen LogP) is 3.13. The Bertz CT molecular complexity index is 813. The molecule has 1 aliphatic carbocycles. The van der Waals surface area contributed by atoms with E-state index in [0.717, 1.165) is 22.5 Å². The zero-order valence-electron chi connectivity index (χ0n) is 13.8. The molecule has 128 valence electrons. The zero-order chi connectivity index (χ0) is 17.4. The minimum Gasteiger partial charge on any atom is -0.466 e. The first-order valence-corrected chi connectivity index (χ1v) is 8.79. The van der Waals surface area contributed by atoms with Crippen molar-refractivity contribution >= 4 is 29.5 Å². The highest BCUT2D eigenvalue weighted by molar-refractivity contribution is 6.26. The highest BCUT2D eigenvalue weighted by atomic mass is 35.5. The third-order valence-corrected chi connectivity index (χ3v) is 5.23. The molecule has 1 aromatic carbocycles. The molecule has 0 amide bonds. The Balaban J connectivity index is 1.75. The maximum Gasteiger partial charge on any atom is 0.313 e. The molecule has 1 saturated heterocycles. The normalized spacial score (nSPS) is 26.6. The number of ether oxygens (including phenoxy) is 1. The average molecular weight is 356 g/mol. The van der Waals surface area contributed by atoms with Gasteiger partial charge < -0.3 is 9.64 Å². The van der Waals surface area contributed by atoms with E-state index >= 15 is 0 Å². The largest absolute Gasteiger partial charge is 0.466 e. The van der Waals surface area contributed by atoms with Gasteiger partial charge in [-0.3, -0.25) is 4.79 Å². The minimum atomic E-state index is -0.482. The lowest BCUT2D eigenvalue weighted by atomic mass is 9.86. The lowest BCUT2D eigenvalue weighted by Gasteiger charge is -2.27. The lowest BCUT2D eigenvalue weighted by Crippen LogP contribution is -2.32. The number of benzene rings is 1. The Hall–Kier alpha value is -2.40. The van der Waals surface area contributed by atoms with Crippen LogP contribution in [0.2, 0.25) is 0 Å². The van der Waals surface area contributed by atoms with Crippen LogP contribution in [0.3, 0.4) is 0 Å². The number of carbonyl (C=O) groups is 1. The standard InChI is InChI=1S/C19H18ClN3O2/c1-2-25-19(24)16-13-8-9-15-14(10-21-22-15)17(13)23(18(16)20)11-12-6-4-3-5-7-12/h3-10,13,16,18H,2,11H2,1H3. The zero-order valence-corrected chi connectivity index (χ0v) is 14.6. The first kappa shape index (κ1) is 16.1. The number of hydrogen-bond donors (Lipinski definition) is 0. The van der Waals surface area contributed by atoms with E-state index in [-0.39, 0.29) is 11.9 Å². The van der Waals surface area contributed by atoms with Gasteiger partial charge in [0.25, 0.3) is 0 Å². The van der Waals surface area contributed by atoms with Crippen molar-refractivity contribution in [3.8, 4) is 0 Å². The van der Waals surface area contributed by atoms with Crippen LogP contribution in [0, 0.1) is 11.8 Å². The molecule has 6 heteroatoms. The number of rotatable bonds is 4. The maximum atomic E-state index is 12.5. The van der Waals surface area contributed by atoms with Crippen molar-refractivity contribution in [1.82, 2.24) is 4.90 Å². The monoisotopic (exact) mass is 355 g/mol. The number of halogens is 1. The van der Waals surface area contributed by atoms with Gasteiger partial charge in [-0.05, 0) is 18.6 Å². The molecule has 3 unspecified atom stereocenters. The van der Waals surface area contributed by atoms with Gasteiger partial charge >= 0.3 is 5.97 Å². The molecule has 4 rings (SSSR count). The van der Waals surface area contributed by atoms with E-state index in [2.05, 4.69) is 27.2 Å². The van der Waals surface area contributed by atoms with Gasteiger partial charge in [0.2, 0.25) is 0 Å². The number of nitrogens with zero attached hydrogens (tertiary/aromatic N) is 3. The van der Waals surface area contributed by atoms with Gasteiger partial charge in [-0.15, -0.1) is 0 Å². The summed E-state index contributed by atoms with van der Waals surface area (Å²) in [6.45, 7) is 2.77. The van der Waals surface area contributed by atoms with Crippen molar-refractivity contribution in [1.29, 1.82) is 0 Å². The molecule has 0 N–H and O–H groups in total. The van der Waals surface area contributed by atoms with Crippen LogP contribution >= 0.6 is 11.6 Å². The van der Waals surface area contributed by atoms with E-state index in [0.29, 0.717) is 13.2 Å². The topological polar surface area (TPSA) is 54.3 Å². The number of hydrogen-bond acceptors (Lipinski definition) is 5. The van der Waals surface area contributed by atoms with Gasteiger partial charge in [-0.1, -0.05) is 48.0 Å². The summed E-state index contributed by atoms with van der Waals surface area (Å²) in [6.07, 6.45) is 5.66. The van der Waals surface area contributed by atoms with E-state index in [9.17, 15) is 4.79 Å². The van der Waals surface area contributed by atoms with Gasteiger partial charge in [-0.25, -0.2) is 0 Å². The number of alkyl halides is 1. The number of carbonyl (C=O) groups excluding carboxylic acids is 1. The molecule has 3 aliphatic rings.